The number of benzene rings is 1. The van der Waals surface area contributed by atoms with Crippen molar-refractivity contribution in [2.45, 2.75) is 18.9 Å². The number of carboxylic acids is 1. The van der Waals surface area contributed by atoms with E-state index in [0.29, 0.717) is 30.0 Å². The van der Waals surface area contributed by atoms with Gasteiger partial charge in [0, 0.05) is 11.9 Å². The molecule has 25 heavy (non-hydrogen) atoms. The van der Waals surface area contributed by atoms with E-state index >= 15 is 0 Å². The molecule has 1 unspecified atom stereocenters. The van der Waals surface area contributed by atoms with Gasteiger partial charge in [-0.25, -0.2) is 0 Å². The summed E-state index contributed by atoms with van der Waals surface area (Å²) in [5.41, 5.74) is 2.37. The van der Waals surface area contributed by atoms with Crippen LogP contribution >= 0.6 is 11.3 Å². The smallest absolute Gasteiger partial charge is 0.305 e. The van der Waals surface area contributed by atoms with Crippen LogP contribution in [0.2, 0.25) is 0 Å². The molecule has 3 rings (SSSR count). The second-order valence-electron chi connectivity index (χ2n) is 5.78. The van der Waals surface area contributed by atoms with Crippen LogP contribution in [-0.4, -0.2) is 42.6 Å². The molecular weight excluding hydrogens is 342 g/mol. The second kappa shape index (κ2) is 7.14. The summed E-state index contributed by atoms with van der Waals surface area (Å²) in [5, 5.41) is 13.0. The summed E-state index contributed by atoms with van der Waals surface area (Å²) in [7, 11) is 3.10. The van der Waals surface area contributed by atoms with Gasteiger partial charge in [0.15, 0.2) is 11.5 Å². The van der Waals surface area contributed by atoms with E-state index in [1.54, 1.807) is 29.5 Å². The van der Waals surface area contributed by atoms with Crippen LogP contribution < -0.4 is 9.47 Å². The van der Waals surface area contributed by atoms with Crippen LogP contribution in [0.5, 0.6) is 11.5 Å². The fraction of sp³-hybridized carbons (Fsp3) is 0.333. The highest BCUT2D eigenvalue weighted by Crippen LogP contribution is 2.40. The van der Waals surface area contributed by atoms with Gasteiger partial charge in [-0.05, 0) is 41.1 Å². The number of ether oxygens (including phenoxy) is 2. The van der Waals surface area contributed by atoms with Crippen molar-refractivity contribution < 1.29 is 24.2 Å². The number of carboxylic acid groups (broad SMARTS) is 1. The van der Waals surface area contributed by atoms with E-state index in [1.165, 1.54) is 18.4 Å². The van der Waals surface area contributed by atoms with Crippen molar-refractivity contribution >= 4 is 23.2 Å². The highest BCUT2D eigenvalue weighted by molar-refractivity contribution is 7.08. The lowest BCUT2D eigenvalue weighted by atomic mass is 9.89. The van der Waals surface area contributed by atoms with Crippen LogP contribution in [0.3, 0.4) is 0 Å². The maximum absolute atomic E-state index is 12.8. The van der Waals surface area contributed by atoms with Gasteiger partial charge < -0.3 is 19.5 Å². The van der Waals surface area contributed by atoms with E-state index in [-0.39, 0.29) is 12.3 Å². The van der Waals surface area contributed by atoms with Crippen molar-refractivity contribution in [3.8, 4) is 11.5 Å². The predicted molar refractivity (Wildman–Crippen MR) is 93.6 cm³/mol. The fourth-order valence-electron chi connectivity index (χ4n) is 3.21. The zero-order chi connectivity index (χ0) is 18.0. The molecule has 7 heteroatoms. The molecule has 0 bridgehead atoms. The van der Waals surface area contributed by atoms with E-state index in [2.05, 4.69) is 0 Å². The van der Waals surface area contributed by atoms with Crippen LogP contribution in [0.25, 0.3) is 0 Å². The predicted octanol–water partition coefficient (Wildman–Crippen LogP) is 2.98. The molecule has 1 atom stereocenters. The minimum Gasteiger partial charge on any atom is -0.493 e. The Hall–Kier alpha value is -2.54. The van der Waals surface area contributed by atoms with E-state index in [1.807, 2.05) is 11.4 Å². The van der Waals surface area contributed by atoms with Gasteiger partial charge in [0.25, 0.3) is 5.91 Å². The number of hydrogen-bond donors (Lipinski definition) is 1. The Morgan fingerprint density at radius 3 is 2.60 bits per heavy atom. The SMILES string of the molecule is COc1cc2c(cc1OC)C(CC(=O)O)N(C(=O)c1ccsc1)CC2. The zero-order valence-corrected chi connectivity index (χ0v) is 14.8. The molecule has 1 amide bonds. The van der Waals surface area contributed by atoms with Crippen molar-refractivity contribution in [3.05, 3.63) is 45.6 Å². The van der Waals surface area contributed by atoms with Gasteiger partial charge in [0.05, 0.1) is 32.2 Å². The first-order valence-electron chi connectivity index (χ1n) is 7.85. The molecule has 132 valence electrons. The topological polar surface area (TPSA) is 76.1 Å². The zero-order valence-electron chi connectivity index (χ0n) is 14.0. The summed E-state index contributed by atoms with van der Waals surface area (Å²) < 4.78 is 10.7. The van der Waals surface area contributed by atoms with Crippen LogP contribution in [-0.2, 0) is 11.2 Å². The molecule has 1 aromatic carbocycles. The lowest BCUT2D eigenvalue weighted by Gasteiger charge is -2.37. The summed E-state index contributed by atoms with van der Waals surface area (Å²) >= 11 is 1.44. The van der Waals surface area contributed by atoms with Gasteiger partial charge in [-0.1, -0.05) is 0 Å². The Kier molecular flexibility index (Phi) is 4.94. The Morgan fingerprint density at radius 1 is 1.28 bits per heavy atom. The fourth-order valence-corrected chi connectivity index (χ4v) is 3.84. The molecule has 2 aromatic rings. The lowest BCUT2D eigenvalue weighted by Crippen LogP contribution is -2.41. The van der Waals surface area contributed by atoms with E-state index in [9.17, 15) is 14.7 Å². The Morgan fingerprint density at radius 2 is 2.00 bits per heavy atom. The monoisotopic (exact) mass is 361 g/mol. The number of thiophene rings is 1. The van der Waals surface area contributed by atoms with Crippen molar-refractivity contribution in [1.82, 2.24) is 4.90 Å². The molecule has 1 aliphatic rings. The number of aliphatic carboxylic acids is 1. The number of carbonyl (C=O) groups is 2. The van der Waals surface area contributed by atoms with Gasteiger partial charge in [-0.3, -0.25) is 9.59 Å². The molecule has 0 spiro atoms. The average molecular weight is 361 g/mol. The summed E-state index contributed by atoms with van der Waals surface area (Å²) in [5.74, 6) is 0.0399. The van der Waals surface area contributed by atoms with Crippen LogP contribution in [0.15, 0.2) is 29.0 Å². The summed E-state index contributed by atoms with van der Waals surface area (Å²) in [6.45, 7) is 0.467. The van der Waals surface area contributed by atoms with Crippen molar-refractivity contribution in [3.63, 3.8) is 0 Å². The molecule has 1 N–H and O–H groups in total. The molecule has 0 radical (unpaired) electrons. The van der Waals surface area contributed by atoms with Gasteiger partial charge in [0.2, 0.25) is 0 Å². The standard InChI is InChI=1S/C18H19NO5S/c1-23-15-7-11-3-5-19(18(22)12-4-6-25-10-12)14(9-17(20)21)13(11)8-16(15)24-2/h4,6-8,10,14H,3,5,9H2,1-2H3,(H,20,21). The van der Waals surface area contributed by atoms with Gasteiger partial charge >= 0.3 is 5.97 Å². The minimum atomic E-state index is -0.948. The summed E-state index contributed by atoms with van der Waals surface area (Å²) in [4.78, 5) is 25.9. The van der Waals surface area contributed by atoms with Crippen LogP contribution in [0.4, 0.5) is 0 Å². The number of amides is 1. The minimum absolute atomic E-state index is 0.145. The van der Waals surface area contributed by atoms with Gasteiger partial charge in [-0.2, -0.15) is 11.3 Å². The van der Waals surface area contributed by atoms with Gasteiger partial charge in [-0.15, -0.1) is 0 Å². The first-order chi connectivity index (χ1) is 12.0. The molecule has 1 aromatic heterocycles. The molecule has 0 saturated carbocycles. The lowest BCUT2D eigenvalue weighted by molar-refractivity contribution is -0.138. The number of nitrogens with zero attached hydrogens (tertiary/aromatic N) is 1. The quantitative estimate of drug-likeness (QED) is 0.886. The Bertz CT molecular complexity index is 787. The molecule has 0 fully saturated rings. The van der Waals surface area contributed by atoms with E-state index in [0.717, 1.165) is 11.1 Å². The van der Waals surface area contributed by atoms with E-state index in [4.69, 9.17) is 9.47 Å². The van der Waals surface area contributed by atoms with Crippen molar-refractivity contribution in [2.24, 2.45) is 0 Å². The third-order valence-electron chi connectivity index (χ3n) is 4.40. The maximum atomic E-state index is 12.8. The summed E-state index contributed by atoms with van der Waals surface area (Å²) in [6, 6.07) is 4.88. The normalized spacial score (nSPS) is 16.2. The molecule has 0 saturated heterocycles. The number of methoxy groups -OCH3 is 2. The summed E-state index contributed by atoms with van der Waals surface area (Å²) in [6.07, 6.45) is 0.486. The molecule has 6 nitrogen and oxygen atoms in total. The third kappa shape index (κ3) is 3.32. The number of carbonyl (C=O) groups excluding carboxylic acids is 1. The number of rotatable bonds is 5. The van der Waals surface area contributed by atoms with Crippen molar-refractivity contribution in [2.75, 3.05) is 20.8 Å². The Labute approximate surface area is 149 Å². The second-order valence-corrected chi connectivity index (χ2v) is 6.56. The highest BCUT2D eigenvalue weighted by Gasteiger charge is 2.34. The molecule has 1 aliphatic heterocycles. The van der Waals surface area contributed by atoms with Gasteiger partial charge in [0.1, 0.15) is 0 Å². The van der Waals surface area contributed by atoms with Crippen LogP contribution in [0.1, 0.15) is 33.9 Å². The van der Waals surface area contributed by atoms with E-state index < -0.39 is 12.0 Å². The first kappa shape index (κ1) is 17.3. The number of fused-ring (bicyclic) bond motifs is 1. The Balaban J connectivity index is 2.04. The molecule has 0 aliphatic carbocycles. The highest BCUT2D eigenvalue weighted by atomic mass is 32.1. The first-order valence-corrected chi connectivity index (χ1v) is 8.79. The largest absolute Gasteiger partial charge is 0.493 e. The molecule has 2 heterocycles. The maximum Gasteiger partial charge on any atom is 0.305 e. The molecular formula is C18H19NO5S. The van der Waals surface area contributed by atoms with Crippen LogP contribution in [0, 0.1) is 0 Å². The number of hydrogen-bond acceptors (Lipinski definition) is 5. The van der Waals surface area contributed by atoms with Crippen molar-refractivity contribution in [1.29, 1.82) is 0 Å². The average Bonchev–Trinajstić information content (AvgIpc) is 3.14. The third-order valence-corrected chi connectivity index (χ3v) is 5.08.